The van der Waals surface area contributed by atoms with Crippen molar-refractivity contribution in [3.8, 4) is 28.1 Å². The van der Waals surface area contributed by atoms with Crippen LogP contribution in [0.3, 0.4) is 0 Å². The first kappa shape index (κ1) is 26.9. The molecule has 1 atom stereocenters. The van der Waals surface area contributed by atoms with Gasteiger partial charge in [-0.15, -0.1) is 0 Å². The molecule has 4 N–H and O–H groups in total. The molecule has 0 saturated heterocycles. The quantitative estimate of drug-likeness (QED) is 0.288. The minimum absolute atomic E-state index is 0.149. The summed E-state index contributed by atoms with van der Waals surface area (Å²) in [6.07, 6.45) is 5.01. The fraction of sp³-hybridized carbons (Fsp3) is 0.448. The third-order valence-corrected chi connectivity index (χ3v) is 7.20. The Kier molecular flexibility index (Phi) is 8.97. The summed E-state index contributed by atoms with van der Waals surface area (Å²) >= 11 is 0. The van der Waals surface area contributed by atoms with Gasteiger partial charge in [-0.3, -0.25) is 4.68 Å². The van der Waals surface area contributed by atoms with E-state index < -0.39 is 12.1 Å². The number of carboxylic acids is 1. The number of ether oxygens (including phenoxy) is 1. The van der Waals surface area contributed by atoms with Gasteiger partial charge in [-0.2, -0.15) is 5.10 Å². The minimum Gasteiger partial charge on any atom is -0.508 e. The van der Waals surface area contributed by atoms with Crippen LogP contribution in [0.2, 0.25) is 0 Å². The molecule has 8 heteroatoms. The SMILES string of the molecule is O=C(O)COCC1(Cn2nc(-c3ccccc3)c(-c3cccc(O)c3)c2CC[C@H](O)CO)CCCCC1. The van der Waals surface area contributed by atoms with Crippen LogP contribution in [-0.2, 0) is 22.5 Å². The van der Waals surface area contributed by atoms with Crippen molar-refractivity contribution in [1.29, 1.82) is 0 Å². The van der Waals surface area contributed by atoms with Crippen molar-refractivity contribution in [2.75, 3.05) is 19.8 Å². The first-order chi connectivity index (χ1) is 17.9. The molecule has 2 aromatic carbocycles. The lowest BCUT2D eigenvalue weighted by Crippen LogP contribution is -2.36. The van der Waals surface area contributed by atoms with Crippen LogP contribution < -0.4 is 0 Å². The van der Waals surface area contributed by atoms with Gasteiger partial charge in [-0.25, -0.2) is 4.79 Å². The van der Waals surface area contributed by atoms with E-state index in [4.69, 9.17) is 14.9 Å². The molecule has 8 nitrogen and oxygen atoms in total. The number of aromatic nitrogens is 2. The smallest absolute Gasteiger partial charge is 0.329 e. The predicted octanol–water partition coefficient (Wildman–Crippen LogP) is 4.26. The minimum atomic E-state index is -0.985. The van der Waals surface area contributed by atoms with Gasteiger partial charge in [0.15, 0.2) is 0 Å². The average molecular weight is 509 g/mol. The maximum atomic E-state index is 11.1. The Bertz CT molecular complexity index is 1170. The molecule has 1 aromatic heterocycles. The fourth-order valence-corrected chi connectivity index (χ4v) is 5.36. The Morgan fingerprint density at radius 1 is 1.05 bits per heavy atom. The summed E-state index contributed by atoms with van der Waals surface area (Å²) < 4.78 is 7.63. The van der Waals surface area contributed by atoms with Crippen LogP contribution in [0.15, 0.2) is 54.6 Å². The number of benzene rings is 2. The highest BCUT2D eigenvalue weighted by molar-refractivity contribution is 5.83. The van der Waals surface area contributed by atoms with E-state index in [1.807, 2.05) is 41.1 Å². The molecule has 1 aliphatic rings. The highest BCUT2D eigenvalue weighted by Gasteiger charge is 2.35. The van der Waals surface area contributed by atoms with Crippen LogP contribution >= 0.6 is 0 Å². The second-order valence-electron chi connectivity index (χ2n) is 10.1. The second-order valence-corrected chi connectivity index (χ2v) is 10.1. The number of hydrogen-bond acceptors (Lipinski definition) is 6. The lowest BCUT2D eigenvalue weighted by Gasteiger charge is -2.37. The van der Waals surface area contributed by atoms with Crippen LogP contribution in [0.1, 0.15) is 44.2 Å². The molecule has 37 heavy (non-hydrogen) atoms. The van der Waals surface area contributed by atoms with Gasteiger partial charge in [0, 0.05) is 28.8 Å². The zero-order valence-corrected chi connectivity index (χ0v) is 21.1. The van der Waals surface area contributed by atoms with Gasteiger partial charge in [0.25, 0.3) is 0 Å². The second kappa shape index (κ2) is 12.4. The summed E-state index contributed by atoms with van der Waals surface area (Å²) in [7, 11) is 0. The number of phenolic OH excluding ortho intramolecular Hbond substituents is 1. The zero-order valence-electron chi connectivity index (χ0n) is 21.1. The van der Waals surface area contributed by atoms with Crippen molar-refractivity contribution < 1.29 is 30.0 Å². The van der Waals surface area contributed by atoms with E-state index >= 15 is 0 Å². The van der Waals surface area contributed by atoms with Crippen molar-refractivity contribution in [1.82, 2.24) is 9.78 Å². The van der Waals surface area contributed by atoms with Crippen LogP contribution in [0, 0.1) is 5.41 Å². The number of aromatic hydroxyl groups is 1. The maximum Gasteiger partial charge on any atom is 0.329 e. The zero-order chi connectivity index (χ0) is 26.3. The summed E-state index contributed by atoms with van der Waals surface area (Å²) in [4.78, 5) is 11.1. The number of carbonyl (C=O) groups is 1. The summed E-state index contributed by atoms with van der Waals surface area (Å²) in [5.41, 5.74) is 4.05. The van der Waals surface area contributed by atoms with E-state index in [0.717, 1.165) is 60.2 Å². The lowest BCUT2D eigenvalue weighted by molar-refractivity contribution is -0.144. The van der Waals surface area contributed by atoms with Crippen LogP contribution in [0.4, 0.5) is 0 Å². The Morgan fingerprint density at radius 3 is 2.46 bits per heavy atom. The van der Waals surface area contributed by atoms with Gasteiger partial charge < -0.3 is 25.2 Å². The van der Waals surface area contributed by atoms with E-state index in [0.29, 0.717) is 26.0 Å². The standard InChI is InChI=1S/C29H36N2O6/c32-17-24(34)12-13-25-27(22-10-7-11-23(33)16-22)28(21-8-3-1-4-9-21)30-31(25)19-29(14-5-2-6-15-29)20-37-18-26(35)36/h1,3-4,7-11,16,24,32-34H,2,5-6,12-15,17-20H2,(H,35,36)/t24-/m0/s1. The van der Waals surface area contributed by atoms with Crippen molar-refractivity contribution in [2.45, 2.75) is 57.6 Å². The summed E-state index contributed by atoms with van der Waals surface area (Å²) in [6.45, 7) is 0.226. The number of nitrogens with zero attached hydrogens (tertiary/aromatic N) is 2. The van der Waals surface area contributed by atoms with Gasteiger partial charge >= 0.3 is 5.97 Å². The van der Waals surface area contributed by atoms with Gasteiger partial charge in [0.2, 0.25) is 0 Å². The number of aliphatic hydroxyl groups excluding tert-OH is 2. The normalized spacial score (nSPS) is 15.9. The monoisotopic (exact) mass is 508 g/mol. The van der Waals surface area contributed by atoms with Crippen LogP contribution in [0.25, 0.3) is 22.4 Å². The molecular weight excluding hydrogens is 472 g/mol. The van der Waals surface area contributed by atoms with Crippen LogP contribution in [-0.4, -0.2) is 62.1 Å². The molecule has 4 rings (SSSR count). The van der Waals surface area contributed by atoms with Crippen LogP contribution in [0.5, 0.6) is 5.75 Å². The first-order valence-corrected chi connectivity index (χ1v) is 12.9. The molecule has 3 aromatic rings. The Morgan fingerprint density at radius 2 is 1.78 bits per heavy atom. The highest BCUT2D eigenvalue weighted by Crippen LogP contribution is 2.42. The molecule has 1 fully saturated rings. The largest absolute Gasteiger partial charge is 0.508 e. The molecule has 1 heterocycles. The lowest BCUT2D eigenvalue weighted by atomic mass is 9.74. The molecule has 1 aliphatic carbocycles. The Hall–Kier alpha value is -3.20. The summed E-state index contributed by atoms with van der Waals surface area (Å²) in [6, 6.07) is 16.9. The highest BCUT2D eigenvalue weighted by atomic mass is 16.5. The van der Waals surface area contributed by atoms with E-state index in [2.05, 4.69) is 0 Å². The molecule has 0 unspecified atom stereocenters. The number of hydrogen-bond donors (Lipinski definition) is 4. The van der Waals surface area contributed by atoms with Crippen molar-refractivity contribution in [2.24, 2.45) is 5.41 Å². The van der Waals surface area contributed by atoms with Gasteiger partial charge in [0.05, 0.1) is 19.3 Å². The van der Waals surface area contributed by atoms with Crippen molar-refractivity contribution in [3.63, 3.8) is 0 Å². The van der Waals surface area contributed by atoms with E-state index in [1.165, 1.54) is 0 Å². The number of aliphatic carboxylic acids is 1. The maximum absolute atomic E-state index is 11.1. The van der Waals surface area contributed by atoms with Crippen molar-refractivity contribution >= 4 is 5.97 Å². The Balaban J connectivity index is 1.82. The fourth-order valence-electron chi connectivity index (χ4n) is 5.36. The van der Waals surface area contributed by atoms with E-state index in [9.17, 15) is 20.1 Å². The third-order valence-electron chi connectivity index (χ3n) is 7.20. The average Bonchev–Trinajstić information content (AvgIpc) is 3.25. The third kappa shape index (κ3) is 6.77. The molecule has 0 radical (unpaired) electrons. The molecule has 1 saturated carbocycles. The molecule has 0 amide bonds. The first-order valence-electron chi connectivity index (χ1n) is 12.9. The van der Waals surface area contributed by atoms with Crippen molar-refractivity contribution in [3.05, 3.63) is 60.3 Å². The molecule has 198 valence electrons. The molecule has 0 spiro atoms. The van der Waals surface area contributed by atoms with Gasteiger partial charge in [0.1, 0.15) is 18.1 Å². The molecule has 0 aliphatic heterocycles. The number of phenols is 1. The number of aliphatic hydroxyl groups is 2. The molecule has 0 bridgehead atoms. The van der Waals surface area contributed by atoms with Gasteiger partial charge in [-0.05, 0) is 43.4 Å². The molecular formula is C29H36N2O6. The van der Waals surface area contributed by atoms with E-state index in [1.54, 1.807) is 18.2 Å². The summed E-state index contributed by atoms with van der Waals surface area (Å²) in [5, 5.41) is 44.1. The number of carboxylic acid groups (broad SMARTS) is 1. The van der Waals surface area contributed by atoms with Gasteiger partial charge in [-0.1, -0.05) is 61.7 Å². The number of rotatable bonds is 12. The Labute approximate surface area is 217 Å². The topological polar surface area (TPSA) is 125 Å². The summed E-state index contributed by atoms with van der Waals surface area (Å²) in [5.74, 6) is -0.835. The van der Waals surface area contributed by atoms with E-state index in [-0.39, 0.29) is 24.4 Å². The predicted molar refractivity (Wildman–Crippen MR) is 140 cm³/mol.